The Morgan fingerprint density at radius 3 is 2.51 bits per heavy atom. The lowest BCUT2D eigenvalue weighted by Gasteiger charge is -2.33. The van der Waals surface area contributed by atoms with Crippen LogP contribution in [-0.4, -0.2) is 72.4 Å². The molecular formula is C32H37N5O4. The summed E-state index contributed by atoms with van der Waals surface area (Å²) < 4.78 is 4.65. The monoisotopic (exact) mass is 555 g/mol. The molecule has 214 valence electrons. The number of carbonyl (C=O) groups is 2. The van der Waals surface area contributed by atoms with E-state index in [-0.39, 0.29) is 5.91 Å². The van der Waals surface area contributed by atoms with Crippen molar-refractivity contribution in [3.8, 4) is 0 Å². The van der Waals surface area contributed by atoms with Gasteiger partial charge in [0.15, 0.2) is 6.23 Å². The molecule has 0 spiro atoms. The smallest absolute Gasteiger partial charge is 0.411 e. The maximum Gasteiger partial charge on any atom is 0.411 e. The number of piperidine rings is 1. The Labute approximate surface area is 240 Å². The lowest BCUT2D eigenvalue weighted by atomic mass is 9.88. The fourth-order valence-corrected chi connectivity index (χ4v) is 5.56. The standard InChI is InChI=1S/C32H37N5O4/c1-21-17-28-27(29(9-13-33-28)37-16-12-26(19-30(37)38)34-32(40)41-4)18-25(21)20-36-14-10-23(11-15-36)22-5-7-24(8-6-22)31(39)35(2)3/h5-9,12-13,16-19,23,30,38H,10-11,14-15,20H2,1-4H3,(H,34,40). The molecular weight excluding hydrogens is 518 g/mol. The van der Waals surface area contributed by atoms with Crippen LogP contribution >= 0.6 is 0 Å². The van der Waals surface area contributed by atoms with Gasteiger partial charge in [-0.25, -0.2) is 4.79 Å². The first-order valence-corrected chi connectivity index (χ1v) is 13.9. The summed E-state index contributed by atoms with van der Waals surface area (Å²) in [7, 11) is 4.84. The molecule has 1 unspecified atom stereocenters. The quantitative estimate of drug-likeness (QED) is 0.462. The van der Waals surface area contributed by atoms with Crippen molar-refractivity contribution in [2.24, 2.45) is 0 Å². The van der Waals surface area contributed by atoms with Gasteiger partial charge in [-0.05, 0) is 97.9 Å². The minimum atomic E-state index is -0.961. The molecule has 3 heterocycles. The highest BCUT2D eigenvalue weighted by Gasteiger charge is 2.23. The first-order chi connectivity index (χ1) is 19.7. The zero-order valence-electron chi connectivity index (χ0n) is 24.0. The second kappa shape index (κ2) is 12.1. The van der Waals surface area contributed by atoms with Gasteiger partial charge >= 0.3 is 6.09 Å². The molecule has 2 N–H and O–H groups in total. The molecule has 2 amide bonds. The third kappa shape index (κ3) is 6.26. The van der Waals surface area contributed by atoms with Gasteiger partial charge in [0.1, 0.15) is 0 Å². The second-order valence-electron chi connectivity index (χ2n) is 10.9. The van der Waals surface area contributed by atoms with E-state index in [0.29, 0.717) is 11.6 Å². The zero-order valence-corrected chi connectivity index (χ0v) is 24.0. The average molecular weight is 556 g/mol. The van der Waals surface area contributed by atoms with Gasteiger partial charge in [0, 0.05) is 49.7 Å². The molecule has 2 aromatic carbocycles. The molecule has 9 nitrogen and oxygen atoms in total. The molecule has 1 aromatic heterocycles. The summed E-state index contributed by atoms with van der Waals surface area (Å²) in [5.74, 6) is 0.514. The van der Waals surface area contributed by atoms with Crippen LogP contribution in [0.4, 0.5) is 10.5 Å². The normalized spacial score (nSPS) is 17.8. The van der Waals surface area contributed by atoms with Crippen LogP contribution in [0.1, 0.15) is 45.8 Å². The number of hydrogen-bond donors (Lipinski definition) is 2. The summed E-state index contributed by atoms with van der Waals surface area (Å²) in [5, 5.41) is 14.4. The zero-order chi connectivity index (χ0) is 29.1. The Hall–Kier alpha value is -4.21. The van der Waals surface area contributed by atoms with Gasteiger partial charge in [0.05, 0.1) is 18.3 Å². The number of nitrogens with one attached hydrogen (secondary N) is 1. The highest BCUT2D eigenvalue weighted by atomic mass is 16.5. The number of amides is 2. The molecule has 5 rings (SSSR count). The van der Waals surface area contributed by atoms with Gasteiger partial charge in [-0.2, -0.15) is 0 Å². The van der Waals surface area contributed by atoms with E-state index in [9.17, 15) is 14.7 Å². The number of aliphatic hydroxyl groups is 1. The number of nitrogens with zero attached hydrogens (tertiary/aromatic N) is 4. The van der Waals surface area contributed by atoms with Crippen molar-refractivity contribution in [3.63, 3.8) is 0 Å². The van der Waals surface area contributed by atoms with Crippen LogP contribution in [0, 0.1) is 6.92 Å². The fraction of sp³-hybridized carbons (Fsp3) is 0.344. The van der Waals surface area contributed by atoms with Gasteiger partial charge in [-0.3, -0.25) is 20.0 Å². The number of ether oxygens (including phenoxy) is 1. The third-order valence-electron chi connectivity index (χ3n) is 7.93. The SMILES string of the molecule is COC(=O)NC1=CC(O)N(c2ccnc3cc(C)c(CN4CCC(c5ccc(C(=O)N(C)C)cc5)CC4)cc23)C=C1. The Morgan fingerprint density at radius 1 is 1.12 bits per heavy atom. The van der Waals surface area contributed by atoms with E-state index < -0.39 is 12.3 Å². The molecule has 0 bridgehead atoms. The average Bonchev–Trinajstić information content (AvgIpc) is 2.97. The van der Waals surface area contributed by atoms with Gasteiger partial charge in [0.2, 0.25) is 0 Å². The van der Waals surface area contributed by atoms with Crippen LogP contribution in [0.3, 0.4) is 0 Å². The number of likely N-dealkylation sites (tertiary alicyclic amines) is 1. The first kappa shape index (κ1) is 28.3. The summed E-state index contributed by atoms with van der Waals surface area (Å²) >= 11 is 0. The molecule has 1 atom stereocenters. The number of aryl methyl sites for hydroxylation is 1. The van der Waals surface area contributed by atoms with Gasteiger partial charge < -0.3 is 19.6 Å². The number of alkyl carbamates (subject to hydrolysis) is 1. The number of pyridine rings is 1. The predicted molar refractivity (Wildman–Crippen MR) is 159 cm³/mol. The molecule has 3 aromatic rings. The van der Waals surface area contributed by atoms with Crippen molar-refractivity contribution in [1.29, 1.82) is 0 Å². The Balaban J connectivity index is 1.28. The third-order valence-corrected chi connectivity index (χ3v) is 7.93. The number of benzene rings is 2. The maximum absolute atomic E-state index is 12.2. The Morgan fingerprint density at radius 2 is 1.85 bits per heavy atom. The van der Waals surface area contributed by atoms with E-state index in [4.69, 9.17) is 0 Å². The van der Waals surface area contributed by atoms with Crippen LogP contribution in [0.25, 0.3) is 10.9 Å². The number of aromatic nitrogens is 1. The van der Waals surface area contributed by atoms with Crippen LogP contribution in [0.5, 0.6) is 0 Å². The molecule has 0 aliphatic carbocycles. The predicted octanol–water partition coefficient (Wildman–Crippen LogP) is 4.52. The number of fused-ring (bicyclic) bond motifs is 1. The first-order valence-electron chi connectivity index (χ1n) is 13.9. The number of anilines is 1. The summed E-state index contributed by atoms with van der Waals surface area (Å²) in [4.78, 5) is 34.2. The number of aliphatic hydroxyl groups excluding tert-OH is 1. The van der Waals surface area contributed by atoms with E-state index in [2.05, 4.69) is 51.1 Å². The summed E-state index contributed by atoms with van der Waals surface area (Å²) in [6.07, 6.45) is 7.37. The molecule has 0 saturated carbocycles. The van der Waals surface area contributed by atoms with Crippen molar-refractivity contribution in [1.82, 2.24) is 20.1 Å². The van der Waals surface area contributed by atoms with E-state index in [1.165, 1.54) is 23.8 Å². The highest BCUT2D eigenvalue weighted by molar-refractivity contribution is 5.94. The Kier molecular flexibility index (Phi) is 8.37. The molecule has 41 heavy (non-hydrogen) atoms. The molecule has 2 aliphatic rings. The van der Waals surface area contributed by atoms with Gasteiger partial charge in [-0.15, -0.1) is 0 Å². The lowest BCUT2D eigenvalue weighted by molar-refractivity contribution is 0.0827. The summed E-state index contributed by atoms with van der Waals surface area (Å²) in [6, 6.07) is 14.3. The minimum Gasteiger partial charge on any atom is -0.453 e. The second-order valence-corrected chi connectivity index (χ2v) is 10.9. The maximum atomic E-state index is 12.2. The molecule has 1 fully saturated rings. The number of allylic oxidation sites excluding steroid dienone is 1. The lowest BCUT2D eigenvalue weighted by Crippen LogP contribution is -2.34. The number of rotatable bonds is 6. The topological polar surface area (TPSA) is 98.2 Å². The molecule has 9 heteroatoms. The van der Waals surface area contributed by atoms with E-state index in [0.717, 1.165) is 54.6 Å². The van der Waals surface area contributed by atoms with Crippen LogP contribution in [-0.2, 0) is 11.3 Å². The molecule has 0 radical (unpaired) electrons. The largest absolute Gasteiger partial charge is 0.453 e. The van der Waals surface area contributed by atoms with Crippen molar-refractivity contribution in [2.75, 3.05) is 39.2 Å². The fourth-order valence-electron chi connectivity index (χ4n) is 5.56. The van der Waals surface area contributed by atoms with Crippen LogP contribution in [0.2, 0.25) is 0 Å². The van der Waals surface area contributed by atoms with Crippen molar-refractivity contribution < 1.29 is 19.4 Å². The summed E-state index contributed by atoms with van der Waals surface area (Å²) in [6.45, 7) is 4.95. The van der Waals surface area contributed by atoms with Crippen molar-refractivity contribution >= 4 is 28.6 Å². The van der Waals surface area contributed by atoms with Crippen molar-refractivity contribution in [3.05, 3.63) is 95.0 Å². The number of hydrogen-bond acceptors (Lipinski definition) is 7. The molecule has 1 saturated heterocycles. The van der Waals surface area contributed by atoms with Gasteiger partial charge in [-0.1, -0.05) is 12.1 Å². The minimum absolute atomic E-state index is 0.0260. The highest BCUT2D eigenvalue weighted by Crippen LogP contribution is 2.33. The summed E-state index contributed by atoms with van der Waals surface area (Å²) in [5.41, 5.74) is 6.60. The van der Waals surface area contributed by atoms with Crippen LogP contribution < -0.4 is 10.2 Å². The van der Waals surface area contributed by atoms with E-state index in [1.54, 1.807) is 48.4 Å². The number of carbonyl (C=O) groups excluding carboxylic acids is 2. The van der Waals surface area contributed by atoms with Crippen molar-refractivity contribution in [2.45, 2.75) is 38.5 Å². The molecule has 2 aliphatic heterocycles. The van der Waals surface area contributed by atoms with Gasteiger partial charge in [0.25, 0.3) is 5.91 Å². The Bertz CT molecular complexity index is 1490. The number of methoxy groups -OCH3 is 1. The van der Waals surface area contributed by atoms with E-state index in [1.807, 2.05) is 18.2 Å². The van der Waals surface area contributed by atoms with Crippen LogP contribution in [0.15, 0.2) is 72.7 Å². The van der Waals surface area contributed by atoms with E-state index >= 15 is 0 Å².